The van der Waals surface area contributed by atoms with E-state index in [0.717, 1.165) is 33.5 Å². The van der Waals surface area contributed by atoms with Crippen molar-refractivity contribution < 1.29 is 22.8 Å². The normalized spacial score (nSPS) is 15.9. The first-order valence-electron chi connectivity index (χ1n) is 8.60. The zero-order chi connectivity index (χ0) is 20.3. The molecule has 0 amide bonds. The quantitative estimate of drug-likeness (QED) is 0.486. The molecule has 0 bridgehead atoms. The standard InChI is InChI=1S/C20H18F3NO2S2/c1-12(25)27-11-19(26)13-3-6-18(7-4-13)28-24-17-5-2-14-8-16(20(21,22)23)9-15(14)10-17/h2-7,10,16,24H,8-9,11H2,1H3. The van der Waals surface area contributed by atoms with E-state index in [9.17, 15) is 22.8 Å². The van der Waals surface area contributed by atoms with E-state index in [1.54, 1.807) is 42.5 Å². The molecule has 1 aliphatic rings. The highest BCUT2D eigenvalue weighted by molar-refractivity contribution is 8.14. The van der Waals surface area contributed by atoms with Crippen molar-refractivity contribution in [2.45, 2.75) is 30.8 Å². The predicted molar refractivity (Wildman–Crippen MR) is 107 cm³/mol. The maximum atomic E-state index is 12.9. The molecule has 8 heteroatoms. The molecule has 1 unspecified atom stereocenters. The molecule has 1 atom stereocenters. The van der Waals surface area contributed by atoms with E-state index in [4.69, 9.17) is 0 Å². The molecule has 3 nitrogen and oxygen atoms in total. The van der Waals surface area contributed by atoms with Crippen LogP contribution in [0.25, 0.3) is 0 Å². The highest BCUT2D eigenvalue weighted by Gasteiger charge is 2.42. The number of benzene rings is 2. The first-order chi connectivity index (χ1) is 13.2. The molecular formula is C20H18F3NO2S2. The molecule has 1 N–H and O–H groups in total. The molecule has 0 saturated carbocycles. The van der Waals surface area contributed by atoms with Crippen LogP contribution in [0.15, 0.2) is 47.4 Å². The Morgan fingerprint density at radius 2 is 1.75 bits per heavy atom. The van der Waals surface area contributed by atoms with Crippen LogP contribution in [0.3, 0.4) is 0 Å². The fraction of sp³-hybridized carbons (Fsp3) is 0.300. The number of halogens is 3. The molecule has 0 aliphatic heterocycles. The van der Waals surface area contributed by atoms with Gasteiger partial charge in [0.25, 0.3) is 0 Å². The predicted octanol–water partition coefficient (Wildman–Crippen LogP) is 5.55. The van der Waals surface area contributed by atoms with Crippen molar-refractivity contribution >= 4 is 40.3 Å². The van der Waals surface area contributed by atoms with E-state index in [1.807, 2.05) is 0 Å². The Morgan fingerprint density at radius 1 is 1.07 bits per heavy atom. The van der Waals surface area contributed by atoms with Crippen LogP contribution in [0.4, 0.5) is 18.9 Å². The first-order valence-corrected chi connectivity index (χ1v) is 10.4. The third-order valence-electron chi connectivity index (χ3n) is 4.47. The number of thioether (sulfide) groups is 1. The summed E-state index contributed by atoms with van der Waals surface area (Å²) in [6.45, 7) is 1.42. The number of nitrogens with one attached hydrogen (secondary N) is 1. The summed E-state index contributed by atoms with van der Waals surface area (Å²) in [5, 5.41) is -0.0966. The van der Waals surface area contributed by atoms with Gasteiger partial charge in [-0.3, -0.25) is 9.59 Å². The van der Waals surface area contributed by atoms with Crippen LogP contribution in [0.1, 0.15) is 28.4 Å². The van der Waals surface area contributed by atoms with Crippen molar-refractivity contribution in [3.8, 4) is 0 Å². The molecule has 3 rings (SSSR count). The minimum atomic E-state index is -4.16. The summed E-state index contributed by atoms with van der Waals surface area (Å²) in [6.07, 6.45) is -4.10. The van der Waals surface area contributed by atoms with Crippen molar-refractivity contribution in [1.29, 1.82) is 0 Å². The Bertz CT molecular complexity index is 882. The summed E-state index contributed by atoms with van der Waals surface area (Å²) in [5.74, 6) is -1.28. The van der Waals surface area contributed by atoms with E-state index >= 15 is 0 Å². The van der Waals surface area contributed by atoms with Gasteiger partial charge in [0.05, 0.1) is 11.7 Å². The van der Waals surface area contributed by atoms with Gasteiger partial charge in [0.1, 0.15) is 0 Å². The fourth-order valence-electron chi connectivity index (χ4n) is 2.99. The highest BCUT2D eigenvalue weighted by atomic mass is 32.2. The van der Waals surface area contributed by atoms with Crippen LogP contribution in [0.2, 0.25) is 0 Å². The summed E-state index contributed by atoms with van der Waals surface area (Å²) in [4.78, 5) is 23.8. The Balaban J connectivity index is 1.57. The van der Waals surface area contributed by atoms with Crippen LogP contribution < -0.4 is 4.72 Å². The molecule has 148 valence electrons. The van der Waals surface area contributed by atoms with Crippen molar-refractivity contribution in [2.24, 2.45) is 5.92 Å². The van der Waals surface area contributed by atoms with Gasteiger partial charge in [0.15, 0.2) is 10.9 Å². The number of ketones is 1. The third kappa shape index (κ3) is 5.32. The Labute approximate surface area is 169 Å². The molecule has 0 saturated heterocycles. The molecule has 1 aliphatic carbocycles. The molecule has 2 aromatic carbocycles. The lowest BCUT2D eigenvalue weighted by molar-refractivity contribution is -0.171. The molecule has 28 heavy (non-hydrogen) atoms. The second kappa shape index (κ2) is 8.61. The van der Waals surface area contributed by atoms with Crippen LogP contribution in [-0.4, -0.2) is 22.8 Å². The smallest absolute Gasteiger partial charge is 0.326 e. The zero-order valence-electron chi connectivity index (χ0n) is 15.0. The molecule has 0 radical (unpaired) electrons. The van der Waals surface area contributed by atoms with Gasteiger partial charge in [-0.15, -0.1) is 0 Å². The summed E-state index contributed by atoms with van der Waals surface area (Å²) >= 11 is 2.30. The summed E-state index contributed by atoms with van der Waals surface area (Å²) in [7, 11) is 0. The van der Waals surface area contributed by atoms with Crippen LogP contribution in [-0.2, 0) is 17.6 Å². The van der Waals surface area contributed by atoms with E-state index in [-0.39, 0.29) is 29.5 Å². The molecule has 0 heterocycles. The lowest BCUT2D eigenvalue weighted by Crippen LogP contribution is -2.22. The maximum Gasteiger partial charge on any atom is 0.392 e. The third-order valence-corrected chi connectivity index (χ3v) is 6.13. The summed E-state index contributed by atoms with van der Waals surface area (Å²) in [6, 6.07) is 12.3. The van der Waals surface area contributed by atoms with E-state index < -0.39 is 12.1 Å². The Hall–Kier alpha value is -1.93. The zero-order valence-corrected chi connectivity index (χ0v) is 16.6. The van der Waals surface area contributed by atoms with Gasteiger partial charge in [-0.2, -0.15) is 13.2 Å². The number of rotatable bonds is 6. The number of alkyl halides is 3. The number of carbonyl (C=O) groups excluding carboxylic acids is 2. The van der Waals surface area contributed by atoms with Crippen LogP contribution in [0, 0.1) is 5.92 Å². The van der Waals surface area contributed by atoms with Crippen LogP contribution >= 0.6 is 23.7 Å². The number of anilines is 1. The van der Waals surface area contributed by atoms with E-state index in [0.29, 0.717) is 5.56 Å². The molecular weight excluding hydrogens is 407 g/mol. The summed E-state index contributed by atoms with van der Waals surface area (Å²) < 4.78 is 41.9. The van der Waals surface area contributed by atoms with Gasteiger partial charge in [0.2, 0.25) is 0 Å². The van der Waals surface area contributed by atoms with E-state index in [2.05, 4.69) is 4.72 Å². The topological polar surface area (TPSA) is 46.2 Å². The van der Waals surface area contributed by atoms with Gasteiger partial charge in [-0.25, -0.2) is 0 Å². The average molecular weight is 425 g/mol. The van der Waals surface area contributed by atoms with Crippen molar-refractivity contribution in [3.05, 3.63) is 59.2 Å². The highest BCUT2D eigenvalue weighted by Crippen LogP contribution is 2.39. The lowest BCUT2D eigenvalue weighted by Gasteiger charge is -2.12. The largest absolute Gasteiger partial charge is 0.392 e. The summed E-state index contributed by atoms with van der Waals surface area (Å²) in [5.41, 5.74) is 2.76. The lowest BCUT2D eigenvalue weighted by atomic mass is 10.1. The molecule has 0 aromatic heterocycles. The first kappa shape index (κ1) is 20.8. The number of hydrogen-bond acceptors (Lipinski definition) is 5. The van der Waals surface area contributed by atoms with Gasteiger partial charge >= 0.3 is 6.18 Å². The van der Waals surface area contributed by atoms with Crippen molar-refractivity contribution in [1.82, 2.24) is 0 Å². The second-order valence-electron chi connectivity index (χ2n) is 6.56. The van der Waals surface area contributed by atoms with E-state index in [1.165, 1.54) is 18.9 Å². The second-order valence-corrected chi connectivity index (χ2v) is 8.59. The SMILES string of the molecule is CC(=O)SCC(=O)c1ccc(SNc2ccc3c(c2)CC(C(F)(F)F)C3)cc1. The van der Waals surface area contributed by atoms with Gasteiger partial charge < -0.3 is 4.72 Å². The number of hydrogen-bond donors (Lipinski definition) is 1. The minimum absolute atomic E-state index is 0.0219. The number of carbonyl (C=O) groups is 2. The monoisotopic (exact) mass is 425 g/mol. The molecule has 0 spiro atoms. The minimum Gasteiger partial charge on any atom is -0.326 e. The maximum absolute atomic E-state index is 12.9. The Kier molecular flexibility index (Phi) is 6.40. The van der Waals surface area contributed by atoms with Crippen LogP contribution in [0.5, 0.6) is 0 Å². The van der Waals surface area contributed by atoms with Crippen molar-refractivity contribution in [2.75, 3.05) is 10.5 Å². The average Bonchev–Trinajstić information content (AvgIpc) is 3.08. The van der Waals surface area contributed by atoms with Gasteiger partial charge in [-0.05, 0) is 60.2 Å². The Morgan fingerprint density at radius 3 is 2.39 bits per heavy atom. The molecule has 2 aromatic rings. The van der Waals surface area contributed by atoms with Gasteiger partial charge in [0, 0.05) is 23.1 Å². The van der Waals surface area contributed by atoms with Gasteiger partial charge in [-0.1, -0.05) is 30.0 Å². The number of fused-ring (bicyclic) bond motifs is 1. The van der Waals surface area contributed by atoms with Crippen molar-refractivity contribution in [3.63, 3.8) is 0 Å². The number of Topliss-reactive ketones (excluding diaryl/α,β-unsaturated/α-hetero) is 1. The fourth-order valence-corrected chi connectivity index (χ4v) is 4.13. The molecule has 0 fully saturated rings.